The molecule has 96 valence electrons. The molecule has 0 aliphatic rings. The van der Waals surface area contributed by atoms with Gasteiger partial charge in [-0.2, -0.15) is 0 Å². The van der Waals surface area contributed by atoms with Gasteiger partial charge in [0, 0.05) is 5.56 Å². The molecular weight excluding hydrogens is 226 g/mol. The molecule has 0 aliphatic heterocycles. The van der Waals surface area contributed by atoms with Crippen molar-refractivity contribution in [3.63, 3.8) is 0 Å². The lowest BCUT2D eigenvalue weighted by molar-refractivity contribution is 0.393. The highest BCUT2D eigenvalue weighted by atomic mass is 16.5. The Morgan fingerprint density at radius 2 is 1.94 bits per heavy atom. The summed E-state index contributed by atoms with van der Waals surface area (Å²) in [4.78, 5) is 0. The predicted octanol–water partition coefficient (Wildman–Crippen LogP) is 4.09. The van der Waals surface area contributed by atoms with Crippen LogP contribution in [-0.4, -0.2) is 12.3 Å². The van der Waals surface area contributed by atoms with Crippen LogP contribution in [0.4, 0.5) is 0 Å². The van der Waals surface area contributed by atoms with Crippen molar-refractivity contribution in [1.29, 1.82) is 0 Å². The van der Waals surface area contributed by atoms with E-state index in [1.807, 2.05) is 13.8 Å². The molecule has 0 unspecified atom stereocenters. The van der Waals surface area contributed by atoms with Crippen LogP contribution in [0.15, 0.2) is 22.7 Å². The number of aryl methyl sites for hydroxylation is 2. The normalized spacial score (nSPS) is 11.0. The summed E-state index contributed by atoms with van der Waals surface area (Å²) in [5.41, 5.74) is 4.27. The van der Waals surface area contributed by atoms with Gasteiger partial charge in [-0.3, -0.25) is 0 Å². The Morgan fingerprint density at radius 3 is 2.44 bits per heavy atom. The maximum Gasteiger partial charge on any atom is 0.141 e. The Kier molecular flexibility index (Phi) is 3.41. The van der Waals surface area contributed by atoms with Crippen molar-refractivity contribution in [1.82, 2.24) is 5.16 Å². The van der Waals surface area contributed by atoms with Crippen LogP contribution in [0.3, 0.4) is 0 Å². The fraction of sp³-hybridized carbons (Fsp3) is 0.400. The molecule has 1 heterocycles. The topological polar surface area (TPSA) is 35.3 Å². The number of rotatable bonds is 3. The van der Waals surface area contributed by atoms with E-state index in [2.05, 4.69) is 37.2 Å². The second-order valence-corrected chi connectivity index (χ2v) is 4.81. The van der Waals surface area contributed by atoms with Gasteiger partial charge in [-0.15, -0.1) is 0 Å². The predicted molar refractivity (Wildman–Crippen MR) is 72.1 cm³/mol. The quantitative estimate of drug-likeness (QED) is 0.817. The lowest BCUT2D eigenvalue weighted by Gasteiger charge is -2.13. The second kappa shape index (κ2) is 4.84. The molecule has 0 radical (unpaired) electrons. The van der Waals surface area contributed by atoms with Crippen molar-refractivity contribution < 1.29 is 9.26 Å². The Hall–Kier alpha value is -1.77. The molecule has 0 aliphatic carbocycles. The molecule has 0 N–H and O–H groups in total. The highest BCUT2D eigenvalue weighted by Gasteiger charge is 2.14. The number of aromatic nitrogens is 1. The fourth-order valence-corrected chi connectivity index (χ4v) is 2.24. The summed E-state index contributed by atoms with van der Waals surface area (Å²) >= 11 is 0. The first-order valence-corrected chi connectivity index (χ1v) is 6.15. The molecule has 18 heavy (non-hydrogen) atoms. The largest absolute Gasteiger partial charge is 0.496 e. The van der Waals surface area contributed by atoms with Crippen LogP contribution in [0.1, 0.15) is 36.8 Å². The number of hydrogen-bond acceptors (Lipinski definition) is 3. The Bertz CT molecular complexity index is 536. The average molecular weight is 245 g/mol. The summed E-state index contributed by atoms with van der Waals surface area (Å²) in [7, 11) is 1.71. The van der Waals surface area contributed by atoms with Crippen molar-refractivity contribution in [2.24, 2.45) is 0 Å². The van der Waals surface area contributed by atoms with Crippen LogP contribution < -0.4 is 4.74 Å². The van der Waals surface area contributed by atoms with Crippen molar-refractivity contribution in [3.05, 3.63) is 35.2 Å². The zero-order valence-electron chi connectivity index (χ0n) is 11.6. The van der Waals surface area contributed by atoms with Gasteiger partial charge in [-0.05, 0) is 37.0 Å². The first kappa shape index (κ1) is 12.7. The third-order valence-corrected chi connectivity index (χ3v) is 3.18. The minimum absolute atomic E-state index is 0.443. The lowest BCUT2D eigenvalue weighted by atomic mass is 9.97. The van der Waals surface area contributed by atoms with Gasteiger partial charge in [0.15, 0.2) is 0 Å². The minimum Gasteiger partial charge on any atom is -0.496 e. The molecule has 0 bridgehead atoms. The monoisotopic (exact) mass is 245 g/mol. The van der Waals surface area contributed by atoms with Crippen LogP contribution in [0.25, 0.3) is 11.1 Å². The van der Waals surface area contributed by atoms with Gasteiger partial charge >= 0.3 is 0 Å². The van der Waals surface area contributed by atoms with Gasteiger partial charge in [0.25, 0.3) is 0 Å². The summed E-state index contributed by atoms with van der Waals surface area (Å²) in [5.74, 6) is 2.20. The van der Waals surface area contributed by atoms with E-state index >= 15 is 0 Å². The molecule has 0 atom stereocenters. The minimum atomic E-state index is 0.443. The molecule has 1 aromatic carbocycles. The maximum atomic E-state index is 5.47. The van der Waals surface area contributed by atoms with Crippen molar-refractivity contribution >= 4 is 0 Å². The smallest absolute Gasteiger partial charge is 0.141 e. The Labute approximate surface area is 108 Å². The van der Waals surface area contributed by atoms with E-state index in [0.717, 1.165) is 28.3 Å². The number of nitrogens with zero attached hydrogens (tertiary/aromatic N) is 1. The molecule has 2 rings (SSSR count). The fourth-order valence-electron chi connectivity index (χ4n) is 2.24. The van der Waals surface area contributed by atoms with Gasteiger partial charge in [0.2, 0.25) is 0 Å². The molecule has 2 aromatic rings. The van der Waals surface area contributed by atoms with Gasteiger partial charge in [-0.1, -0.05) is 31.1 Å². The Balaban J connectivity index is 2.54. The highest BCUT2D eigenvalue weighted by molar-refractivity contribution is 5.69. The first-order chi connectivity index (χ1) is 8.54. The van der Waals surface area contributed by atoms with E-state index in [1.54, 1.807) is 7.11 Å². The summed E-state index contributed by atoms with van der Waals surface area (Å²) in [6.45, 7) is 8.20. The number of methoxy groups -OCH3 is 1. The van der Waals surface area contributed by atoms with Crippen molar-refractivity contribution in [3.8, 4) is 16.9 Å². The van der Waals surface area contributed by atoms with E-state index in [1.165, 1.54) is 5.56 Å². The summed E-state index contributed by atoms with van der Waals surface area (Å²) in [6.07, 6.45) is 0. The molecular formula is C15H19NO2. The SMILES string of the molecule is COc1cc(-c2c(C)noc2C)ccc1C(C)C. The van der Waals surface area contributed by atoms with E-state index in [9.17, 15) is 0 Å². The molecule has 0 saturated heterocycles. The van der Waals surface area contributed by atoms with Gasteiger partial charge in [0.1, 0.15) is 11.5 Å². The lowest BCUT2D eigenvalue weighted by Crippen LogP contribution is -1.95. The third-order valence-electron chi connectivity index (χ3n) is 3.18. The molecule has 0 amide bonds. The van der Waals surface area contributed by atoms with Gasteiger partial charge < -0.3 is 9.26 Å². The highest BCUT2D eigenvalue weighted by Crippen LogP contribution is 2.34. The summed E-state index contributed by atoms with van der Waals surface area (Å²) in [5, 5.41) is 3.99. The molecule has 0 fully saturated rings. The van der Waals surface area contributed by atoms with Crippen molar-refractivity contribution in [2.45, 2.75) is 33.6 Å². The third kappa shape index (κ3) is 2.13. The molecule has 0 spiro atoms. The van der Waals surface area contributed by atoms with Crippen molar-refractivity contribution in [2.75, 3.05) is 7.11 Å². The van der Waals surface area contributed by atoms with Crippen LogP contribution >= 0.6 is 0 Å². The molecule has 3 heteroatoms. The van der Waals surface area contributed by atoms with E-state index in [-0.39, 0.29) is 0 Å². The zero-order valence-corrected chi connectivity index (χ0v) is 11.6. The summed E-state index contributed by atoms with van der Waals surface area (Å²) < 4.78 is 10.7. The Morgan fingerprint density at radius 1 is 1.22 bits per heavy atom. The number of hydrogen-bond donors (Lipinski definition) is 0. The summed E-state index contributed by atoms with van der Waals surface area (Å²) in [6, 6.07) is 6.27. The van der Waals surface area contributed by atoms with E-state index in [0.29, 0.717) is 5.92 Å². The van der Waals surface area contributed by atoms with Crippen LogP contribution in [-0.2, 0) is 0 Å². The number of ether oxygens (including phenoxy) is 1. The van der Waals surface area contributed by atoms with Gasteiger partial charge in [0.05, 0.1) is 12.8 Å². The standard InChI is InChI=1S/C15H19NO2/c1-9(2)13-7-6-12(8-14(13)17-5)15-10(3)16-18-11(15)4/h6-9H,1-5H3. The van der Waals surface area contributed by atoms with E-state index in [4.69, 9.17) is 9.26 Å². The zero-order chi connectivity index (χ0) is 13.3. The van der Waals surface area contributed by atoms with Gasteiger partial charge in [-0.25, -0.2) is 0 Å². The molecule has 3 nitrogen and oxygen atoms in total. The molecule has 0 saturated carbocycles. The van der Waals surface area contributed by atoms with Crippen LogP contribution in [0.2, 0.25) is 0 Å². The van der Waals surface area contributed by atoms with Crippen LogP contribution in [0.5, 0.6) is 5.75 Å². The van der Waals surface area contributed by atoms with E-state index < -0.39 is 0 Å². The maximum absolute atomic E-state index is 5.47. The van der Waals surface area contributed by atoms with Crippen LogP contribution in [0, 0.1) is 13.8 Å². The molecule has 1 aromatic heterocycles. The second-order valence-electron chi connectivity index (χ2n) is 4.81. The first-order valence-electron chi connectivity index (χ1n) is 6.15. The number of benzene rings is 1. The average Bonchev–Trinajstić information content (AvgIpc) is 2.68.